The summed E-state index contributed by atoms with van der Waals surface area (Å²) < 4.78 is 0. The maximum atomic E-state index is 2.41. The predicted octanol–water partition coefficient (Wildman–Crippen LogP) is 1.67. The van der Waals surface area contributed by atoms with Crippen LogP contribution in [0.25, 0.3) is 0 Å². The van der Waals surface area contributed by atoms with Crippen molar-refractivity contribution in [2.45, 2.75) is 26.7 Å². The molecule has 0 atom stereocenters. The van der Waals surface area contributed by atoms with Crippen molar-refractivity contribution >= 4 is 0 Å². The van der Waals surface area contributed by atoms with Gasteiger partial charge in [0.1, 0.15) is 0 Å². The van der Waals surface area contributed by atoms with Gasteiger partial charge in [-0.3, -0.25) is 0 Å². The van der Waals surface area contributed by atoms with Gasteiger partial charge in [-0.15, -0.1) is 0 Å². The molecule has 1 aliphatic heterocycles. The van der Waals surface area contributed by atoms with Crippen LogP contribution < -0.4 is 0 Å². The lowest BCUT2D eigenvalue weighted by atomic mass is 10.2. The number of nitrogens with zero attached hydrogens (tertiary/aromatic N) is 2. The quantitative estimate of drug-likeness (QED) is 0.548. The Morgan fingerprint density at radius 3 is 1.33 bits per heavy atom. The zero-order valence-electron chi connectivity index (χ0n) is 9.14. The molecule has 0 aromatic rings. The van der Waals surface area contributed by atoms with Gasteiger partial charge < -0.3 is 9.80 Å². The van der Waals surface area contributed by atoms with Crippen LogP contribution in [0.15, 0.2) is 0 Å². The van der Waals surface area contributed by atoms with Crippen LogP contribution in [0, 0.1) is 0 Å². The molecule has 0 saturated carbocycles. The van der Waals surface area contributed by atoms with Gasteiger partial charge in [0, 0.05) is 13.1 Å². The molecule has 0 aromatic carbocycles. The fourth-order valence-corrected chi connectivity index (χ4v) is 1.33. The van der Waals surface area contributed by atoms with Gasteiger partial charge in [0.05, 0.1) is 0 Å². The summed E-state index contributed by atoms with van der Waals surface area (Å²) in [5.41, 5.74) is 0. The smallest absolute Gasteiger partial charge is 0.0106 e. The van der Waals surface area contributed by atoms with Crippen LogP contribution in [-0.2, 0) is 0 Å². The van der Waals surface area contributed by atoms with Crippen LogP contribution in [0.5, 0.6) is 0 Å². The second kappa shape index (κ2) is 7.56. The number of rotatable bonds is 0. The summed E-state index contributed by atoms with van der Waals surface area (Å²) >= 11 is 0. The molecule has 0 bridgehead atoms. The van der Waals surface area contributed by atoms with Gasteiger partial charge >= 0.3 is 0 Å². The third-order valence-corrected chi connectivity index (χ3v) is 2.19. The van der Waals surface area contributed by atoms with Gasteiger partial charge in [0.2, 0.25) is 0 Å². The molecular weight excluding hydrogens is 148 g/mol. The van der Waals surface area contributed by atoms with E-state index in [1.54, 1.807) is 0 Å². The molecule has 0 amide bonds. The topological polar surface area (TPSA) is 6.48 Å². The molecule has 0 aliphatic carbocycles. The van der Waals surface area contributed by atoms with Gasteiger partial charge in [0.15, 0.2) is 0 Å². The Morgan fingerprint density at radius 1 is 0.667 bits per heavy atom. The van der Waals surface area contributed by atoms with Crippen molar-refractivity contribution in [3.05, 3.63) is 0 Å². The minimum atomic E-state index is 1.23. The van der Waals surface area contributed by atoms with Gasteiger partial charge in [0.25, 0.3) is 0 Å². The molecular formula is C10H24N2. The summed E-state index contributed by atoms with van der Waals surface area (Å²) in [4.78, 5) is 4.82. The van der Waals surface area contributed by atoms with Gasteiger partial charge in [-0.05, 0) is 40.0 Å². The van der Waals surface area contributed by atoms with E-state index in [1.807, 2.05) is 13.8 Å². The second-order valence-electron chi connectivity index (χ2n) is 3.31. The molecule has 2 heteroatoms. The van der Waals surface area contributed by atoms with E-state index in [-0.39, 0.29) is 0 Å². The summed E-state index contributed by atoms with van der Waals surface area (Å²) in [5.74, 6) is 0. The average molecular weight is 172 g/mol. The van der Waals surface area contributed by atoms with Crippen molar-refractivity contribution < 1.29 is 0 Å². The minimum Gasteiger partial charge on any atom is -0.305 e. The lowest BCUT2D eigenvalue weighted by molar-refractivity contribution is 0.222. The van der Waals surface area contributed by atoms with Crippen LogP contribution >= 0.6 is 0 Å². The molecule has 0 spiro atoms. The molecule has 1 aliphatic rings. The van der Waals surface area contributed by atoms with Crippen LogP contribution in [0.2, 0.25) is 0 Å². The molecule has 0 N–H and O–H groups in total. The van der Waals surface area contributed by atoms with E-state index in [9.17, 15) is 0 Å². The van der Waals surface area contributed by atoms with Crippen LogP contribution in [0.4, 0.5) is 0 Å². The summed E-state index contributed by atoms with van der Waals surface area (Å²) in [5, 5.41) is 0. The normalized spacial score (nSPS) is 22.0. The minimum absolute atomic E-state index is 1.23. The monoisotopic (exact) mass is 172 g/mol. The molecule has 0 unspecified atom stereocenters. The number of hydrogen-bond acceptors (Lipinski definition) is 2. The molecule has 74 valence electrons. The van der Waals surface area contributed by atoms with Crippen molar-refractivity contribution in [3.8, 4) is 0 Å². The highest BCUT2D eigenvalue weighted by atomic mass is 15.2. The third kappa shape index (κ3) is 5.56. The van der Waals surface area contributed by atoms with Crippen LogP contribution in [0.3, 0.4) is 0 Å². The highest BCUT2D eigenvalue weighted by molar-refractivity contribution is 4.61. The van der Waals surface area contributed by atoms with Gasteiger partial charge in [-0.1, -0.05) is 13.8 Å². The zero-order chi connectivity index (χ0) is 9.40. The second-order valence-corrected chi connectivity index (χ2v) is 3.31. The van der Waals surface area contributed by atoms with Crippen molar-refractivity contribution in [3.63, 3.8) is 0 Å². The van der Waals surface area contributed by atoms with Crippen molar-refractivity contribution in [1.29, 1.82) is 0 Å². The molecule has 1 heterocycles. The molecule has 0 aromatic heterocycles. The Bertz CT molecular complexity index is 81.8. The first-order chi connectivity index (χ1) is 5.79. The lowest BCUT2D eigenvalue weighted by Gasteiger charge is -2.25. The highest BCUT2D eigenvalue weighted by Gasteiger charge is 2.05. The lowest BCUT2D eigenvalue weighted by Crippen LogP contribution is -2.34. The highest BCUT2D eigenvalue weighted by Crippen LogP contribution is 1.99. The first-order valence-corrected chi connectivity index (χ1v) is 5.16. The molecule has 1 saturated heterocycles. The molecule has 0 radical (unpaired) electrons. The summed E-state index contributed by atoms with van der Waals surface area (Å²) in [6.45, 7) is 9.04. The molecule has 1 rings (SSSR count). The van der Waals surface area contributed by atoms with E-state index in [2.05, 4.69) is 23.9 Å². The van der Waals surface area contributed by atoms with E-state index < -0.39 is 0 Å². The maximum absolute atomic E-state index is 2.41. The Hall–Kier alpha value is -0.0800. The van der Waals surface area contributed by atoms with Crippen molar-refractivity contribution in [2.24, 2.45) is 0 Å². The molecule has 12 heavy (non-hydrogen) atoms. The van der Waals surface area contributed by atoms with Gasteiger partial charge in [-0.2, -0.15) is 0 Å². The molecule has 2 nitrogen and oxygen atoms in total. The summed E-state index contributed by atoms with van der Waals surface area (Å²) in [7, 11) is 4.42. The first kappa shape index (κ1) is 11.9. The number of hydrogen-bond donors (Lipinski definition) is 0. The Morgan fingerprint density at radius 2 is 1.00 bits per heavy atom. The first-order valence-electron chi connectivity index (χ1n) is 5.16. The largest absolute Gasteiger partial charge is 0.305 e. The van der Waals surface area contributed by atoms with Crippen LogP contribution in [0.1, 0.15) is 26.7 Å². The average Bonchev–Trinajstić information content (AvgIpc) is 2.10. The fourth-order valence-electron chi connectivity index (χ4n) is 1.33. The summed E-state index contributed by atoms with van der Waals surface area (Å²) in [6.07, 6.45) is 2.72. The Balaban J connectivity index is 0.000000561. The summed E-state index contributed by atoms with van der Waals surface area (Å²) in [6, 6.07) is 0. The Labute approximate surface area is 77.5 Å². The van der Waals surface area contributed by atoms with E-state index in [0.717, 1.165) is 0 Å². The fraction of sp³-hybridized carbons (Fsp3) is 1.00. The number of likely N-dealkylation sites (N-methyl/N-ethyl adjacent to an activating group) is 2. The van der Waals surface area contributed by atoms with E-state index in [4.69, 9.17) is 0 Å². The Kier molecular flexibility index (Phi) is 7.51. The predicted molar refractivity (Wildman–Crippen MR) is 55.6 cm³/mol. The third-order valence-electron chi connectivity index (χ3n) is 2.19. The molecule has 1 fully saturated rings. The van der Waals surface area contributed by atoms with Crippen molar-refractivity contribution in [1.82, 2.24) is 9.80 Å². The maximum Gasteiger partial charge on any atom is 0.0106 e. The SMILES string of the molecule is CC.CN1CCCCN(C)CC1. The van der Waals surface area contributed by atoms with Crippen LogP contribution in [-0.4, -0.2) is 50.1 Å². The van der Waals surface area contributed by atoms with Gasteiger partial charge in [-0.25, -0.2) is 0 Å². The standard InChI is InChI=1S/C8H18N2.C2H6/c1-9-5-3-4-6-10(2)8-7-9;1-2/h3-8H2,1-2H3;1-2H3. The van der Waals surface area contributed by atoms with E-state index in [0.29, 0.717) is 0 Å². The van der Waals surface area contributed by atoms with E-state index >= 15 is 0 Å². The van der Waals surface area contributed by atoms with E-state index in [1.165, 1.54) is 39.0 Å². The zero-order valence-corrected chi connectivity index (χ0v) is 9.14. The van der Waals surface area contributed by atoms with Crippen molar-refractivity contribution in [2.75, 3.05) is 40.3 Å².